The molecule has 0 aromatic heterocycles. The van der Waals surface area contributed by atoms with Crippen LogP contribution in [0.3, 0.4) is 0 Å². The third-order valence-electron chi connectivity index (χ3n) is 33.6. The third-order valence-corrected chi connectivity index (χ3v) is 33.6. The molecule has 594 valence electrons. The Bertz CT molecular complexity index is 2190. The minimum Gasteiger partial charge on any atom is -0.0617 e. The van der Waals surface area contributed by atoms with Crippen molar-refractivity contribution >= 4 is 0 Å². The Kier molecular flexibility index (Phi) is 34.0. The van der Waals surface area contributed by atoms with Crippen LogP contribution in [-0.2, 0) is 0 Å². The molecule has 0 radical (unpaired) electrons. The molecule has 0 spiro atoms. The van der Waals surface area contributed by atoms with Gasteiger partial charge in [0.2, 0.25) is 0 Å². The summed E-state index contributed by atoms with van der Waals surface area (Å²) in [7, 11) is 0. The van der Waals surface area contributed by atoms with Crippen LogP contribution in [0.25, 0.3) is 0 Å². The van der Waals surface area contributed by atoms with Crippen molar-refractivity contribution in [1.29, 1.82) is 0 Å². The van der Waals surface area contributed by atoms with Crippen LogP contribution in [0.4, 0.5) is 0 Å². The van der Waals surface area contributed by atoms with E-state index in [2.05, 4.69) is 318 Å². The second kappa shape index (κ2) is 34.7. The Labute approximate surface area is 631 Å². The molecule has 99 heavy (non-hydrogen) atoms. The quantitative estimate of drug-likeness (QED) is 0.257. The van der Waals surface area contributed by atoms with Crippen molar-refractivity contribution < 1.29 is 0 Å². The molecule has 1 unspecified atom stereocenters. The van der Waals surface area contributed by atoms with Crippen molar-refractivity contribution in [2.75, 3.05) is 0 Å². The monoisotopic (exact) mass is 1390 g/mol. The minimum atomic E-state index is 0.372. The minimum absolute atomic E-state index is 0.372. The molecule has 6 aliphatic carbocycles. The van der Waals surface area contributed by atoms with Crippen LogP contribution < -0.4 is 0 Å². The first kappa shape index (κ1) is 97.0. The van der Waals surface area contributed by atoms with Crippen LogP contribution >= 0.6 is 0 Å². The van der Waals surface area contributed by atoms with Gasteiger partial charge in [0.05, 0.1) is 0 Å². The Morgan fingerprint density at radius 2 is 0.475 bits per heavy atom. The van der Waals surface area contributed by atoms with Crippen molar-refractivity contribution in [3.8, 4) is 0 Å². The van der Waals surface area contributed by atoms with E-state index in [1.54, 1.807) is 0 Å². The maximum atomic E-state index is 2.54. The van der Waals surface area contributed by atoms with Crippen molar-refractivity contribution in [2.45, 2.75) is 479 Å². The smallest absolute Gasteiger partial charge is 0.0252 e. The average molecular weight is 1390 g/mol. The fourth-order valence-electron chi connectivity index (χ4n) is 19.4. The molecule has 1 atom stereocenters. The van der Waals surface area contributed by atoms with E-state index in [0.717, 1.165) is 59.2 Å². The zero-order valence-corrected chi connectivity index (χ0v) is 78.5. The predicted molar refractivity (Wildman–Crippen MR) is 455 cm³/mol. The summed E-state index contributed by atoms with van der Waals surface area (Å²) in [6, 6.07) is 0. The van der Waals surface area contributed by atoms with Gasteiger partial charge in [-0.25, -0.2) is 0 Å². The summed E-state index contributed by atoms with van der Waals surface area (Å²) in [6.45, 7) is 112. The van der Waals surface area contributed by atoms with E-state index in [4.69, 9.17) is 0 Å². The van der Waals surface area contributed by atoms with E-state index in [-0.39, 0.29) is 0 Å². The molecule has 6 rings (SSSR count). The lowest BCUT2D eigenvalue weighted by molar-refractivity contribution is -0.0873. The highest BCUT2D eigenvalue weighted by atomic mass is 14.6. The van der Waals surface area contributed by atoms with Gasteiger partial charge in [-0.3, -0.25) is 0 Å². The van der Waals surface area contributed by atoms with Gasteiger partial charge in [0, 0.05) is 0 Å². The van der Waals surface area contributed by atoms with Gasteiger partial charge < -0.3 is 0 Å². The molecule has 0 nitrogen and oxygen atoms in total. The van der Waals surface area contributed by atoms with E-state index in [1.807, 2.05) is 0 Å². The van der Waals surface area contributed by atoms with Gasteiger partial charge in [-0.15, -0.1) is 0 Å². The Morgan fingerprint density at radius 1 is 0.253 bits per heavy atom. The van der Waals surface area contributed by atoms with Crippen molar-refractivity contribution in [3.63, 3.8) is 0 Å². The van der Waals surface area contributed by atoms with E-state index in [9.17, 15) is 0 Å². The molecule has 0 aromatic rings. The molecule has 6 saturated carbocycles. The van der Waals surface area contributed by atoms with Crippen LogP contribution in [0.15, 0.2) is 0 Å². The molecule has 0 heteroatoms. The molecule has 0 aromatic carbocycles. The number of hydrogen-bond acceptors (Lipinski definition) is 0. The second-order valence-electron chi connectivity index (χ2n) is 52.0. The Balaban J connectivity index is 0.000000596. The lowest BCUT2D eigenvalue weighted by Gasteiger charge is -2.59. The summed E-state index contributed by atoms with van der Waals surface area (Å²) < 4.78 is 0. The molecule has 0 amide bonds. The van der Waals surface area contributed by atoms with Crippen molar-refractivity contribution in [1.82, 2.24) is 0 Å². The fraction of sp³-hybridized carbons (Fsp3) is 1.00. The summed E-state index contributed by atoms with van der Waals surface area (Å²) in [5.74, 6) is 9.44. The largest absolute Gasteiger partial charge is 0.0617 e. The Hall–Kier alpha value is 0. The zero-order valence-electron chi connectivity index (χ0n) is 78.5. The van der Waals surface area contributed by atoms with Gasteiger partial charge in [-0.05, 0) is 304 Å². The summed E-state index contributed by atoms with van der Waals surface area (Å²) in [6.07, 6.45) is 35.8. The fourth-order valence-corrected chi connectivity index (χ4v) is 19.4. The van der Waals surface area contributed by atoms with Crippen LogP contribution in [-0.4, -0.2) is 0 Å². The summed E-state index contributed by atoms with van der Waals surface area (Å²) >= 11 is 0. The molecule has 6 aliphatic rings. The SMILES string of the molecule is CC(C)(C)C1(C)CCC(C(C)(C)C(C)(C)C)CC1.CC(C)(C)C1(C)CCC(C)(C(C)(C)C(C)(C)C)CC1.CC(C)(C)C1CCC(C(C)(C)C(C)(C)C)CC1.CC(C)(C)C1CCC(C(C)(C)C)CC1.CC(C)(C)CC1CCC(C(C)(C)C)CC1.CC(C1CCC(C(C)(C)C)CC1)C(C)(C)C. The maximum Gasteiger partial charge on any atom is -0.0252 e. The van der Waals surface area contributed by atoms with Crippen molar-refractivity contribution in [3.05, 3.63) is 0 Å². The van der Waals surface area contributed by atoms with Gasteiger partial charge in [-0.2, -0.15) is 0 Å². The molecule has 0 aliphatic heterocycles. The first-order valence-electron chi connectivity index (χ1n) is 43.5. The highest BCUT2D eigenvalue weighted by Crippen LogP contribution is 2.63. The van der Waals surface area contributed by atoms with Crippen molar-refractivity contribution in [2.24, 2.45) is 157 Å². The van der Waals surface area contributed by atoms with Gasteiger partial charge in [0.15, 0.2) is 0 Å². The second-order valence-corrected chi connectivity index (χ2v) is 52.0. The lowest BCUT2D eigenvalue weighted by atomic mass is 9.46. The van der Waals surface area contributed by atoms with Gasteiger partial charge >= 0.3 is 0 Å². The molecule has 0 saturated heterocycles. The van der Waals surface area contributed by atoms with E-state index >= 15 is 0 Å². The highest BCUT2D eigenvalue weighted by molar-refractivity contribution is 5.04. The summed E-state index contributed by atoms with van der Waals surface area (Å²) in [4.78, 5) is 0. The van der Waals surface area contributed by atoms with E-state index < -0.39 is 0 Å². The van der Waals surface area contributed by atoms with Crippen LogP contribution in [0.5, 0.6) is 0 Å². The molecular weight excluding hydrogens is 1190 g/mol. The van der Waals surface area contributed by atoms with E-state index in [1.165, 1.54) is 161 Å². The molecule has 0 heterocycles. The third kappa shape index (κ3) is 28.8. The summed E-state index contributed by atoms with van der Waals surface area (Å²) in [5.41, 5.74) is 8.57. The lowest BCUT2D eigenvalue weighted by Crippen LogP contribution is -2.49. The van der Waals surface area contributed by atoms with Gasteiger partial charge in [0.1, 0.15) is 0 Å². The standard InChI is InChI=1S/C19H38.C18H36.C17H34.C16H32.C15H30.C14H28/c1-15(2,3)17(7,8)19(10)13-11-18(9,12-14-19)16(4,5)6;1-15(2,3)17(7,8)14-10-12-18(9,13-11-14)16(4,5)6;1-15(2,3)13-9-11-14(12-10-13)17(7,8)16(4,5)6;1-12(15(2,3)4)13-8-10-14(11-9-13)16(5,6)7;1-14(2,3)11-12-7-9-13(10-8-12)15(4,5)6;1-13(2,3)11-7-9-12(10-8-11)14(4,5)6/h11-14H2,1-10H3;14H,10-13H2,1-9H3;13-14H,9-12H2,1-8H3;12-14H,8-11H2,1-7H3;12-13H,7-11H2,1-6H3;11-12H,7-10H2,1-6H3. The van der Waals surface area contributed by atoms with Crippen LogP contribution in [0.1, 0.15) is 479 Å². The molecule has 6 fully saturated rings. The van der Waals surface area contributed by atoms with E-state index in [0.29, 0.717) is 97.5 Å². The topological polar surface area (TPSA) is 0 Å². The van der Waals surface area contributed by atoms with Gasteiger partial charge in [-0.1, -0.05) is 331 Å². The number of rotatable bonds is 5. The maximum absolute atomic E-state index is 2.54. The highest BCUT2D eigenvalue weighted by Gasteiger charge is 2.54. The Morgan fingerprint density at radius 3 is 0.697 bits per heavy atom. The zero-order chi connectivity index (χ0) is 78.5. The summed E-state index contributed by atoms with van der Waals surface area (Å²) in [5, 5.41) is 0. The predicted octanol–water partition coefficient (Wildman–Crippen LogP) is 34.6. The molecule has 0 bridgehead atoms. The molecular formula is C99H198. The first-order chi connectivity index (χ1) is 43.5. The first-order valence-corrected chi connectivity index (χ1v) is 43.5. The molecule has 0 N–H and O–H groups in total. The number of hydrogen-bond donors (Lipinski definition) is 0. The van der Waals surface area contributed by atoms with Crippen LogP contribution in [0, 0.1) is 157 Å². The average Bonchev–Trinajstić information content (AvgIpc) is 0.748. The van der Waals surface area contributed by atoms with Gasteiger partial charge in [0.25, 0.3) is 0 Å². The normalized spacial score (nSPS) is 30.8. The van der Waals surface area contributed by atoms with Crippen LogP contribution in [0.2, 0.25) is 0 Å².